The van der Waals surface area contributed by atoms with Crippen molar-refractivity contribution >= 4 is 45.0 Å². The van der Waals surface area contributed by atoms with Crippen molar-refractivity contribution in [2.45, 2.75) is 43.8 Å². The molecule has 0 radical (unpaired) electrons. The summed E-state index contributed by atoms with van der Waals surface area (Å²) in [6.07, 6.45) is 1.78. The number of rotatable bonds is 17. The number of primary sulfonamides is 1. The highest BCUT2D eigenvalue weighted by atomic mass is 35.5. The summed E-state index contributed by atoms with van der Waals surface area (Å²) in [5.74, 6) is -3.08. The molecule has 1 heterocycles. The molecule has 244 valence electrons. The molecule has 0 fully saturated rings. The second-order valence-corrected chi connectivity index (χ2v) is 11.9. The molecule has 0 bridgehead atoms. The molecule has 2 atom stereocenters. The van der Waals surface area contributed by atoms with E-state index in [-0.39, 0.29) is 54.7 Å². The fourth-order valence-electron chi connectivity index (χ4n) is 4.08. The van der Waals surface area contributed by atoms with Gasteiger partial charge in [0.1, 0.15) is 28.9 Å². The molecule has 0 aliphatic heterocycles. The largest absolute Gasteiger partial charge is 0.467 e. The minimum atomic E-state index is -4.22. The maximum Gasteiger partial charge on any atom is 0.340 e. The summed E-state index contributed by atoms with van der Waals surface area (Å²) >= 11 is 6.08. The van der Waals surface area contributed by atoms with Gasteiger partial charge >= 0.3 is 11.9 Å². The molecule has 0 spiro atoms. The maximum atomic E-state index is 13.4. The average molecular weight is 671 g/mol. The second-order valence-electron chi connectivity index (χ2n) is 9.97. The number of nitrogens with one attached hydrogen (secondary N) is 3. The van der Waals surface area contributed by atoms with Gasteiger partial charge in [0.05, 0.1) is 48.3 Å². The van der Waals surface area contributed by atoms with Crippen molar-refractivity contribution in [1.29, 1.82) is 0 Å². The molecule has 0 saturated carbocycles. The van der Waals surface area contributed by atoms with Crippen molar-refractivity contribution in [3.05, 3.63) is 82.3 Å². The normalized spacial score (nSPS) is 12.8. The monoisotopic (exact) mass is 670 g/mol. The summed E-state index contributed by atoms with van der Waals surface area (Å²) in [6, 6.07) is 7.02. The van der Waals surface area contributed by atoms with E-state index in [0.717, 1.165) is 18.2 Å². The number of Topliss-reactive ketones (excluding diaryl/α,β-unsaturated/α-hetero) is 1. The molecule has 16 heteroatoms. The van der Waals surface area contributed by atoms with E-state index >= 15 is 0 Å². The Morgan fingerprint density at radius 1 is 1.07 bits per heavy atom. The first-order valence-electron chi connectivity index (χ1n) is 13.7. The zero-order valence-corrected chi connectivity index (χ0v) is 26.0. The van der Waals surface area contributed by atoms with Crippen LogP contribution in [0.2, 0.25) is 5.02 Å². The van der Waals surface area contributed by atoms with E-state index in [4.69, 9.17) is 30.6 Å². The van der Waals surface area contributed by atoms with E-state index in [1.54, 1.807) is 19.1 Å². The van der Waals surface area contributed by atoms with Gasteiger partial charge in [0.15, 0.2) is 5.78 Å². The lowest BCUT2D eigenvalue weighted by Gasteiger charge is -2.19. The maximum absolute atomic E-state index is 13.4. The minimum Gasteiger partial charge on any atom is -0.467 e. The third-order valence-electron chi connectivity index (χ3n) is 6.20. The second kappa shape index (κ2) is 16.4. The Labute approximate surface area is 263 Å². The number of anilines is 1. The van der Waals surface area contributed by atoms with Crippen molar-refractivity contribution in [2.75, 3.05) is 31.6 Å². The third kappa shape index (κ3) is 11.2. The molecule has 5 N–H and O–H groups in total. The van der Waals surface area contributed by atoms with Crippen LogP contribution in [0.3, 0.4) is 0 Å². The lowest BCUT2D eigenvalue weighted by Crippen LogP contribution is -2.43. The summed E-state index contributed by atoms with van der Waals surface area (Å²) in [6.45, 7) is 3.39. The van der Waals surface area contributed by atoms with Gasteiger partial charge in [-0.2, -0.15) is 0 Å². The number of benzene rings is 2. The first-order valence-corrected chi connectivity index (χ1v) is 15.6. The molecule has 12 nitrogen and oxygen atoms in total. The van der Waals surface area contributed by atoms with Crippen LogP contribution >= 0.6 is 11.6 Å². The molecular weight excluding hydrogens is 638 g/mol. The van der Waals surface area contributed by atoms with Crippen LogP contribution < -0.4 is 21.1 Å². The van der Waals surface area contributed by atoms with E-state index in [0.29, 0.717) is 18.2 Å². The molecule has 0 aliphatic rings. The summed E-state index contributed by atoms with van der Waals surface area (Å²) in [7, 11) is -4.22. The van der Waals surface area contributed by atoms with Crippen LogP contribution in [0, 0.1) is 11.6 Å². The number of carbonyl (C=O) groups is 3. The van der Waals surface area contributed by atoms with Crippen LogP contribution in [0.15, 0.2) is 58.0 Å². The summed E-state index contributed by atoms with van der Waals surface area (Å²) in [5.41, 5.74) is -0.0106. The Hall–Kier alpha value is -3.89. The number of sulfonamides is 1. The number of hydrogen-bond donors (Lipinski definition) is 4. The number of hydrogen-bond acceptors (Lipinski definition) is 11. The topological polar surface area (TPSA) is 179 Å². The quantitative estimate of drug-likeness (QED) is 0.0940. The number of ketones is 1. The molecule has 2 aromatic carbocycles. The van der Waals surface area contributed by atoms with Gasteiger partial charge in [-0.1, -0.05) is 11.6 Å². The molecule has 3 aromatic rings. The lowest BCUT2D eigenvalue weighted by atomic mass is 10.0. The summed E-state index contributed by atoms with van der Waals surface area (Å²) in [4.78, 5) is 36.9. The third-order valence-corrected chi connectivity index (χ3v) is 7.58. The molecular formula is C29H33ClF2N4O8S. The van der Waals surface area contributed by atoms with Crippen LogP contribution in [-0.2, 0) is 30.8 Å². The molecule has 0 saturated heterocycles. The van der Waals surface area contributed by atoms with E-state index in [9.17, 15) is 31.6 Å². The van der Waals surface area contributed by atoms with Crippen LogP contribution in [0.4, 0.5) is 14.5 Å². The highest BCUT2D eigenvalue weighted by Crippen LogP contribution is 2.29. The number of ether oxygens (including phenoxy) is 2. The van der Waals surface area contributed by atoms with Gasteiger partial charge in [0, 0.05) is 17.7 Å². The molecule has 1 aromatic heterocycles. The Morgan fingerprint density at radius 2 is 1.78 bits per heavy atom. The van der Waals surface area contributed by atoms with E-state index in [1.165, 1.54) is 19.3 Å². The van der Waals surface area contributed by atoms with Crippen molar-refractivity contribution in [1.82, 2.24) is 10.6 Å². The highest BCUT2D eigenvalue weighted by Gasteiger charge is 2.22. The number of esters is 2. The Balaban J connectivity index is 1.40. The zero-order valence-electron chi connectivity index (χ0n) is 24.4. The van der Waals surface area contributed by atoms with Crippen molar-refractivity contribution in [3.63, 3.8) is 0 Å². The van der Waals surface area contributed by atoms with E-state index in [1.807, 2.05) is 0 Å². The Bertz CT molecular complexity index is 1590. The predicted molar refractivity (Wildman–Crippen MR) is 160 cm³/mol. The zero-order chi connectivity index (χ0) is 33.1. The van der Waals surface area contributed by atoms with Crippen LogP contribution in [-0.4, -0.2) is 64.5 Å². The van der Waals surface area contributed by atoms with Crippen molar-refractivity contribution in [2.24, 2.45) is 5.14 Å². The highest BCUT2D eigenvalue weighted by molar-refractivity contribution is 7.89. The van der Waals surface area contributed by atoms with Crippen LogP contribution in [0.25, 0.3) is 0 Å². The fourth-order valence-corrected chi connectivity index (χ4v) is 5.18. The van der Waals surface area contributed by atoms with Gasteiger partial charge < -0.3 is 29.8 Å². The lowest BCUT2D eigenvalue weighted by molar-refractivity contribution is -0.143. The first-order chi connectivity index (χ1) is 21.2. The van der Waals surface area contributed by atoms with E-state index < -0.39 is 56.4 Å². The molecule has 45 heavy (non-hydrogen) atoms. The SMILES string of the molecule is CC(COC(=O)CNCCCOC(=O)c1cc(S(N)(=O)=O)c(Cl)cc1NCc1ccco1)NC(C)C(=O)c1cc(F)cc(F)c1. The van der Waals surface area contributed by atoms with E-state index in [2.05, 4.69) is 16.0 Å². The molecule has 2 unspecified atom stereocenters. The average Bonchev–Trinajstić information content (AvgIpc) is 3.49. The number of nitrogens with two attached hydrogens (primary N) is 1. The number of halogens is 3. The smallest absolute Gasteiger partial charge is 0.340 e. The predicted octanol–water partition coefficient (Wildman–Crippen LogP) is 3.40. The fraction of sp³-hybridized carbons (Fsp3) is 0.345. The summed E-state index contributed by atoms with van der Waals surface area (Å²) < 4.78 is 66.4. The number of carbonyl (C=O) groups excluding carboxylic acids is 3. The van der Waals surface area contributed by atoms with Gasteiger partial charge in [-0.25, -0.2) is 27.1 Å². The summed E-state index contributed by atoms with van der Waals surface area (Å²) in [5, 5.41) is 13.8. The van der Waals surface area contributed by atoms with Crippen molar-refractivity contribution in [3.8, 4) is 0 Å². The standard InChI is InChI=1S/C29H33ClF2N4O8S/c1-17(36-18(2)28(38)19-9-20(31)11-21(32)10-19)16-44-27(37)15-34-6-4-8-43-29(39)23-12-26(45(33,40)41)24(30)13-25(23)35-14-22-5-3-7-42-22/h3,5,7,9-13,17-18,34-36H,4,6,8,14-16H2,1-2H3,(H2,33,40,41). The van der Waals surface area contributed by atoms with Gasteiger partial charge in [-0.15, -0.1) is 0 Å². The molecule has 3 rings (SSSR count). The van der Waals surface area contributed by atoms with Gasteiger partial charge in [-0.05, 0) is 63.2 Å². The Morgan fingerprint density at radius 3 is 2.42 bits per heavy atom. The van der Waals surface area contributed by atoms with Crippen LogP contribution in [0.1, 0.15) is 46.7 Å². The molecule has 0 amide bonds. The number of furan rings is 1. The minimum absolute atomic E-state index is 0.0616. The molecule has 0 aliphatic carbocycles. The van der Waals surface area contributed by atoms with Crippen molar-refractivity contribution < 1.29 is 45.5 Å². The van der Waals surface area contributed by atoms with Gasteiger partial charge in [0.25, 0.3) is 0 Å². The Kier molecular flexibility index (Phi) is 13.0. The first kappa shape index (κ1) is 35.6. The van der Waals surface area contributed by atoms with Crippen LogP contribution in [0.5, 0.6) is 0 Å². The van der Waals surface area contributed by atoms with Gasteiger partial charge in [0.2, 0.25) is 10.0 Å². The van der Waals surface area contributed by atoms with Gasteiger partial charge in [-0.3, -0.25) is 9.59 Å².